The lowest BCUT2D eigenvalue weighted by atomic mass is 10.1. The number of halogens is 1. The van der Waals surface area contributed by atoms with E-state index >= 15 is 0 Å². The first kappa shape index (κ1) is 17.0. The average Bonchev–Trinajstić information content (AvgIpc) is 2.63. The van der Waals surface area contributed by atoms with Gasteiger partial charge in [0.05, 0.1) is 11.9 Å². The van der Waals surface area contributed by atoms with Crippen molar-refractivity contribution in [3.8, 4) is 0 Å². The second-order valence-electron chi connectivity index (χ2n) is 5.67. The molecule has 0 spiro atoms. The zero-order chi connectivity index (χ0) is 17.6. The van der Waals surface area contributed by atoms with Gasteiger partial charge in [-0.05, 0) is 42.8 Å². The van der Waals surface area contributed by atoms with Crippen LogP contribution in [0, 0.1) is 0 Å². The molecule has 3 rings (SSSR count). The summed E-state index contributed by atoms with van der Waals surface area (Å²) in [7, 11) is 0. The maximum atomic E-state index is 12.2. The van der Waals surface area contributed by atoms with Crippen LogP contribution < -0.4 is 10.6 Å². The number of hydrogen-bond acceptors (Lipinski definition) is 3. The average molecular weight is 352 g/mol. The maximum Gasteiger partial charge on any atom is 0.274 e. The van der Waals surface area contributed by atoms with E-state index in [0.29, 0.717) is 16.4 Å². The van der Waals surface area contributed by atoms with Gasteiger partial charge in [-0.2, -0.15) is 0 Å². The first-order valence-electron chi connectivity index (χ1n) is 7.96. The quantitative estimate of drug-likeness (QED) is 0.667. The van der Waals surface area contributed by atoms with Gasteiger partial charge in [-0.25, -0.2) is 4.98 Å². The molecule has 0 radical (unpaired) electrons. The molecule has 4 nitrogen and oxygen atoms in total. The highest BCUT2D eigenvalue weighted by Crippen LogP contribution is 2.19. The number of nitrogens with one attached hydrogen (secondary N) is 2. The number of amides is 1. The molecule has 1 heterocycles. The zero-order valence-electron chi connectivity index (χ0n) is 13.7. The lowest BCUT2D eigenvalue weighted by Gasteiger charge is -2.15. The van der Waals surface area contributed by atoms with Crippen molar-refractivity contribution in [3.63, 3.8) is 0 Å². The third-order valence-electron chi connectivity index (χ3n) is 3.76. The monoisotopic (exact) mass is 351 g/mol. The molecule has 0 saturated heterocycles. The summed E-state index contributed by atoms with van der Waals surface area (Å²) in [6, 6.07) is 20.8. The van der Waals surface area contributed by atoms with Crippen molar-refractivity contribution >= 4 is 28.9 Å². The molecule has 126 valence electrons. The molecule has 1 amide bonds. The largest absolute Gasteiger partial charge is 0.377 e. The number of nitrogens with zero attached hydrogens (tertiary/aromatic N) is 1. The SMILES string of the molecule is CC(Nc1ccc(C(=O)Nc2cccc(Cl)c2)nc1)c1ccccc1. The highest BCUT2D eigenvalue weighted by molar-refractivity contribution is 6.30. The molecule has 0 fully saturated rings. The van der Waals surface area contributed by atoms with Crippen molar-refractivity contribution in [1.29, 1.82) is 0 Å². The zero-order valence-corrected chi connectivity index (χ0v) is 14.5. The van der Waals surface area contributed by atoms with E-state index in [4.69, 9.17) is 11.6 Å². The second kappa shape index (κ2) is 7.81. The van der Waals surface area contributed by atoms with E-state index in [1.54, 1.807) is 36.5 Å². The summed E-state index contributed by atoms with van der Waals surface area (Å²) >= 11 is 5.92. The Balaban J connectivity index is 1.64. The first-order chi connectivity index (χ1) is 12.1. The Labute approximate surface area is 151 Å². The minimum absolute atomic E-state index is 0.147. The number of aromatic nitrogens is 1. The van der Waals surface area contributed by atoms with Gasteiger partial charge in [-0.3, -0.25) is 4.79 Å². The van der Waals surface area contributed by atoms with Crippen molar-refractivity contribution in [2.24, 2.45) is 0 Å². The van der Waals surface area contributed by atoms with Crippen LogP contribution >= 0.6 is 11.6 Å². The summed E-state index contributed by atoms with van der Waals surface area (Å²) in [4.78, 5) is 16.5. The van der Waals surface area contributed by atoms with Crippen LogP contribution in [0.25, 0.3) is 0 Å². The lowest BCUT2D eigenvalue weighted by Crippen LogP contribution is -2.14. The van der Waals surface area contributed by atoms with E-state index in [1.807, 2.05) is 24.3 Å². The predicted octanol–water partition coefficient (Wildman–Crippen LogP) is 5.16. The Morgan fingerprint density at radius 2 is 1.80 bits per heavy atom. The minimum atomic E-state index is -0.273. The molecular weight excluding hydrogens is 334 g/mol. The fraction of sp³-hybridized carbons (Fsp3) is 0.100. The van der Waals surface area contributed by atoms with Gasteiger partial charge in [0.1, 0.15) is 5.69 Å². The Morgan fingerprint density at radius 3 is 2.48 bits per heavy atom. The summed E-state index contributed by atoms with van der Waals surface area (Å²) in [6.07, 6.45) is 1.66. The first-order valence-corrected chi connectivity index (χ1v) is 8.34. The molecule has 1 aromatic heterocycles. The normalized spacial score (nSPS) is 11.6. The van der Waals surface area contributed by atoms with Gasteiger partial charge in [0, 0.05) is 16.8 Å². The fourth-order valence-electron chi connectivity index (χ4n) is 2.45. The number of hydrogen-bond donors (Lipinski definition) is 2. The van der Waals surface area contributed by atoms with Crippen molar-refractivity contribution in [3.05, 3.63) is 89.2 Å². The Kier molecular flexibility index (Phi) is 5.31. The van der Waals surface area contributed by atoms with Crippen LogP contribution in [0.3, 0.4) is 0 Å². The molecule has 0 aliphatic heterocycles. The number of pyridine rings is 1. The van der Waals surface area contributed by atoms with Crippen molar-refractivity contribution < 1.29 is 4.79 Å². The van der Waals surface area contributed by atoms with Crippen LogP contribution in [0.1, 0.15) is 29.0 Å². The smallest absolute Gasteiger partial charge is 0.274 e. The molecule has 25 heavy (non-hydrogen) atoms. The third kappa shape index (κ3) is 4.58. The van der Waals surface area contributed by atoms with Gasteiger partial charge < -0.3 is 10.6 Å². The van der Waals surface area contributed by atoms with E-state index in [0.717, 1.165) is 5.69 Å². The highest BCUT2D eigenvalue weighted by atomic mass is 35.5. The van der Waals surface area contributed by atoms with Crippen LogP contribution in [0.4, 0.5) is 11.4 Å². The van der Waals surface area contributed by atoms with E-state index in [-0.39, 0.29) is 11.9 Å². The summed E-state index contributed by atoms with van der Waals surface area (Å²) in [5.74, 6) is -0.273. The molecule has 1 unspecified atom stereocenters. The maximum absolute atomic E-state index is 12.2. The molecule has 0 aliphatic carbocycles. The highest BCUT2D eigenvalue weighted by Gasteiger charge is 2.09. The van der Waals surface area contributed by atoms with Gasteiger partial charge in [-0.1, -0.05) is 48.0 Å². The van der Waals surface area contributed by atoms with Gasteiger partial charge in [0.25, 0.3) is 5.91 Å². The molecule has 5 heteroatoms. The molecule has 2 aromatic carbocycles. The van der Waals surface area contributed by atoms with Crippen molar-refractivity contribution in [1.82, 2.24) is 4.98 Å². The Bertz CT molecular complexity index is 850. The molecule has 2 N–H and O–H groups in total. The number of anilines is 2. The van der Waals surface area contributed by atoms with Crippen LogP contribution in [0.5, 0.6) is 0 Å². The van der Waals surface area contributed by atoms with Crippen molar-refractivity contribution in [2.45, 2.75) is 13.0 Å². The van der Waals surface area contributed by atoms with Crippen molar-refractivity contribution in [2.75, 3.05) is 10.6 Å². The second-order valence-corrected chi connectivity index (χ2v) is 6.11. The number of benzene rings is 2. The van der Waals surface area contributed by atoms with E-state index in [2.05, 4.69) is 34.7 Å². The molecule has 3 aromatic rings. The molecule has 0 bridgehead atoms. The number of carbonyl (C=O) groups is 1. The molecule has 1 atom stereocenters. The lowest BCUT2D eigenvalue weighted by molar-refractivity contribution is 0.102. The van der Waals surface area contributed by atoms with Crippen LogP contribution in [-0.4, -0.2) is 10.9 Å². The Morgan fingerprint density at radius 1 is 1.00 bits per heavy atom. The van der Waals surface area contributed by atoms with Crippen LogP contribution in [0.2, 0.25) is 5.02 Å². The summed E-state index contributed by atoms with van der Waals surface area (Å²) < 4.78 is 0. The minimum Gasteiger partial charge on any atom is -0.377 e. The van der Waals surface area contributed by atoms with E-state index < -0.39 is 0 Å². The van der Waals surface area contributed by atoms with Gasteiger partial charge in [-0.15, -0.1) is 0 Å². The van der Waals surface area contributed by atoms with Gasteiger partial charge in [0.15, 0.2) is 0 Å². The van der Waals surface area contributed by atoms with Crippen LogP contribution in [0.15, 0.2) is 72.9 Å². The topological polar surface area (TPSA) is 54.0 Å². The summed E-state index contributed by atoms with van der Waals surface area (Å²) in [5, 5.41) is 6.72. The summed E-state index contributed by atoms with van der Waals surface area (Å²) in [5.41, 5.74) is 3.03. The van der Waals surface area contributed by atoms with E-state index in [1.165, 1.54) is 5.56 Å². The summed E-state index contributed by atoms with van der Waals surface area (Å²) in [6.45, 7) is 2.08. The van der Waals surface area contributed by atoms with E-state index in [9.17, 15) is 4.79 Å². The standard InChI is InChI=1S/C20H18ClN3O/c1-14(15-6-3-2-4-7-15)23-18-10-11-19(22-13-18)20(25)24-17-9-5-8-16(21)12-17/h2-14,23H,1H3,(H,24,25). The predicted molar refractivity (Wildman–Crippen MR) is 102 cm³/mol. The van der Waals surface area contributed by atoms with Gasteiger partial charge in [0.2, 0.25) is 0 Å². The fourth-order valence-corrected chi connectivity index (χ4v) is 2.64. The van der Waals surface area contributed by atoms with Crippen LogP contribution in [-0.2, 0) is 0 Å². The Hall–Kier alpha value is -2.85. The number of rotatable bonds is 5. The molecular formula is C20H18ClN3O. The molecule has 0 aliphatic rings. The molecule has 0 saturated carbocycles. The number of carbonyl (C=O) groups excluding carboxylic acids is 1. The third-order valence-corrected chi connectivity index (χ3v) is 4.00. The van der Waals surface area contributed by atoms with Gasteiger partial charge >= 0.3 is 0 Å².